The molecule has 4 amide bonds. The first-order chi connectivity index (χ1) is 11.0. The summed E-state index contributed by atoms with van der Waals surface area (Å²) in [5, 5.41) is 10.7. The molecule has 1 saturated heterocycles. The van der Waals surface area contributed by atoms with Crippen LogP contribution in [-0.4, -0.2) is 45.3 Å². The van der Waals surface area contributed by atoms with E-state index >= 15 is 0 Å². The highest BCUT2D eigenvalue weighted by molar-refractivity contribution is 6.44. The number of fused-ring (bicyclic) bond motifs is 1. The maximum atomic E-state index is 12.1. The van der Waals surface area contributed by atoms with E-state index in [1.807, 2.05) is 36.4 Å². The Hall–Kier alpha value is -3.22. The highest BCUT2D eigenvalue weighted by Crippen LogP contribution is 2.20. The van der Waals surface area contributed by atoms with Crippen LogP contribution in [0.5, 0.6) is 0 Å². The fourth-order valence-electron chi connectivity index (χ4n) is 2.48. The summed E-state index contributed by atoms with van der Waals surface area (Å²) in [6.07, 6.45) is 0. The van der Waals surface area contributed by atoms with Gasteiger partial charge >= 0.3 is 23.8 Å². The molecule has 0 atom stereocenters. The lowest BCUT2D eigenvalue weighted by Crippen LogP contribution is -2.36. The minimum Gasteiger partial charge on any atom is -0.480 e. The van der Waals surface area contributed by atoms with Crippen LogP contribution in [0.4, 0.5) is 4.79 Å². The van der Waals surface area contributed by atoms with E-state index in [0.29, 0.717) is 10.5 Å². The molecule has 2 aromatic carbocycles. The number of benzene rings is 2. The van der Waals surface area contributed by atoms with E-state index in [-0.39, 0.29) is 6.54 Å². The lowest BCUT2D eigenvalue weighted by molar-refractivity contribution is -0.146. The number of aliphatic carboxylic acids is 1. The van der Waals surface area contributed by atoms with Crippen molar-refractivity contribution in [2.75, 3.05) is 6.54 Å². The largest absolute Gasteiger partial charge is 0.480 e. The standard InChI is InChI=1S/C16H12N2O5/c19-13(20)9-18-15(22)14(21)17(16(18)23)8-10-5-6-11-3-1-2-4-12(11)7-10/h1-7H,8-9H2,(H,19,20). The second-order valence-electron chi connectivity index (χ2n) is 5.14. The topological polar surface area (TPSA) is 95.0 Å². The van der Waals surface area contributed by atoms with Crippen LogP contribution in [0, 0.1) is 0 Å². The molecule has 1 aliphatic rings. The Labute approximate surface area is 130 Å². The molecule has 1 heterocycles. The van der Waals surface area contributed by atoms with E-state index in [9.17, 15) is 19.2 Å². The average Bonchev–Trinajstić information content (AvgIpc) is 2.72. The van der Waals surface area contributed by atoms with Crippen LogP contribution in [0.2, 0.25) is 0 Å². The summed E-state index contributed by atoms with van der Waals surface area (Å²) in [6, 6.07) is 12.1. The van der Waals surface area contributed by atoms with Gasteiger partial charge in [0.1, 0.15) is 6.54 Å². The number of urea groups is 1. The molecular weight excluding hydrogens is 300 g/mol. The molecule has 23 heavy (non-hydrogen) atoms. The quantitative estimate of drug-likeness (QED) is 0.676. The molecule has 116 valence electrons. The molecule has 0 radical (unpaired) electrons. The van der Waals surface area contributed by atoms with E-state index in [1.54, 1.807) is 6.07 Å². The number of amides is 4. The van der Waals surface area contributed by atoms with Gasteiger partial charge in [-0.15, -0.1) is 0 Å². The summed E-state index contributed by atoms with van der Waals surface area (Å²) < 4.78 is 0. The van der Waals surface area contributed by atoms with E-state index in [1.165, 1.54) is 0 Å². The van der Waals surface area contributed by atoms with Gasteiger partial charge < -0.3 is 5.11 Å². The Morgan fingerprint density at radius 1 is 0.913 bits per heavy atom. The molecule has 0 spiro atoms. The van der Waals surface area contributed by atoms with E-state index in [2.05, 4.69) is 0 Å². The zero-order chi connectivity index (χ0) is 16.6. The third-order valence-electron chi connectivity index (χ3n) is 3.58. The van der Waals surface area contributed by atoms with Crippen LogP contribution < -0.4 is 0 Å². The van der Waals surface area contributed by atoms with Crippen molar-refractivity contribution in [2.24, 2.45) is 0 Å². The minimum atomic E-state index is -1.35. The Morgan fingerprint density at radius 2 is 1.57 bits per heavy atom. The number of carboxylic acid groups (broad SMARTS) is 1. The number of nitrogens with zero attached hydrogens (tertiary/aromatic N) is 2. The van der Waals surface area contributed by atoms with Gasteiger partial charge in [-0.05, 0) is 22.4 Å². The van der Waals surface area contributed by atoms with E-state index in [4.69, 9.17) is 5.11 Å². The van der Waals surface area contributed by atoms with Crippen LogP contribution in [0.25, 0.3) is 10.8 Å². The molecule has 0 aliphatic carbocycles. The zero-order valence-corrected chi connectivity index (χ0v) is 11.9. The number of carbonyl (C=O) groups excluding carboxylic acids is 3. The SMILES string of the molecule is O=C(O)CN1C(=O)C(=O)N(Cc2ccc3ccccc3c2)C1=O. The van der Waals surface area contributed by atoms with Gasteiger partial charge in [0, 0.05) is 0 Å². The van der Waals surface area contributed by atoms with Gasteiger partial charge in [0.15, 0.2) is 0 Å². The molecule has 0 saturated carbocycles. The van der Waals surface area contributed by atoms with Crippen molar-refractivity contribution in [1.82, 2.24) is 9.80 Å². The van der Waals surface area contributed by atoms with Gasteiger partial charge in [-0.25, -0.2) is 9.69 Å². The van der Waals surface area contributed by atoms with Crippen molar-refractivity contribution < 1.29 is 24.3 Å². The van der Waals surface area contributed by atoms with E-state index < -0.39 is 30.4 Å². The lowest BCUT2D eigenvalue weighted by atomic mass is 10.1. The van der Waals surface area contributed by atoms with Crippen molar-refractivity contribution in [3.8, 4) is 0 Å². The van der Waals surface area contributed by atoms with Crippen molar-refractivity contribution in [3.05, 3.63) is 48.0 Å². The van der Waals surface area contributed by atoms with Crippen LogP contribution in [0.3, 0.4) is 0 Å². The van der Waals surface area contributed by atoms with Crippen LogP contribution >= 0.6 is 0 Å². The first-order valence-corrected chi connectivity index (χ1v) is 6.84. The minimum absolute atomic E-state index is 0.0790. The first-order valence-electron chi connectivity index (χ1n) is 6.84. The molecule has 1 aliphatic heterocycles. The second kappa shape index (κ2) is 5.53. The van der Waals surface area contributed by atoms with Gasteiger partial charge in [-0.3, -0.25) is 19.3 Å². The number of hydrogen-bond donors (Lipinski definition) is 1. The third-order valence-corrected chi connectivity index (χ3v) is 3.58. The molecule has 7 nitrogen and oxygen atoms in total. The average molecular weight is 312 g/mol. The number of rotatable bonds is 4. The Kier molecular flexibility index (Phi) is 3.53. The summed E-state index contributed by atoms with van der Waals surface area (Å²) in [4.78, 5) is 47.6. The van der Waals surface area contributed by atoms with Crippen LogP contribution in [0.1, 0.15) is 5.56 Å². The maximum Gasteiger partial charge on any atom is 0.335 e. The predicted molar refractivity (Wildman–Crippen MR) is 79.2 cm³/mol. The Balaban J connectivity index is 1.86. The lowest BCUT2D eigenvalue weighted by Gasteiger charge is -2.14. The van der Waals surface area contributed by atoms with Crippen molar-refractivity contribution >= 4 is 34.6 Å². The number of carboxylic acids is 1. The molecule has 7 heteroatoms. The third kappa shape index (κ3) is 2.64. The number of carbonyl (C=O) groups is 4. The monoisotopic (exact) mass is 312 g/mol. The summed E-state index contributed by atoms with van der Waals surface area (Å²) in [6.45, 7) is -0.901. The molecule has 2 aromatic rings. The smallest absolute Gasteiger partial charge is 0.335 e. The molecule has 0 bridgehead atoms. The van der Waals surface area contributed by atoms with Crippen LogP contribution in [-0.2, 0) is 20.9 Å². The second-order valence-corrected chi connectivity index (χ2v) is 5.14. The predicted octanol–water partition coefficient (Wildman–Crippen LogP) is 1.22. The van der Waals surface area contributed by atoms with Crippen LogP contribution in [0.15, 0.2) is 42.5 Å². The summed E-state index contributed by atoms with van der Waals surface area (Å²) >= 11 is 0. The first kappa shape index (κ1) is 14.7. The summed E-state index contributed by atoms with van der Waals surface area (Å²) in [5.41, 5.74) is 0.676. The molecule has 1 fully saturated rings. The molecule has 3 rings (SSSR count). The zero-order valence-electron chi connectivity index (χ0n) is 11.9. The van der Waals surface area contributed by atoms with Crippen molar-refractivity contribution in [2.45, 2.75) is 6.54 Å². The molecule has 0 aromatic heterocycles. The fraction of sp³-hybridized carbons (Fsp3) is 0.125. The van der Waals surface area contributed by atoms with Gasteiger partial charge in [0.25, 0.3) is 0 Å². The molecule has 0 unspecified atom stereocenters. The van der Waals surface area contributed by atoms with Crippen molar-refractivity contribution in [1.29, 1.82) is 0 Å². The van der Waals surface area contributed by atoms with Gasteiger partial charge in [-0.2, -0.15) is 0 Å². The summed E-state index contributed by atoms with van der Waals surface area (Å²) in [7, 11) is 0. The van der Waals surface area contributed by atoms with Gasteiger partial charge in [-0.1, -0.05) is 36.4 Å². The fourth-order valence-corrected chi connectivity index (χ4v) is 2.48. The van der Waals surface area contributed by atoms with E-state index in [0.717, 1.165) is 15.7 Å². The maximum absolute atomic E-state index is 12.1. The highest BCUT2D eigenvalue weighted by Gasteiger charge is 2.45. The Morgan fingerprint density at radius 3 is 2.26 bits per heavy atom. The number of imide groups is 2. The molecular formula is C16H12N2O5. The summed E-state index contributed by atoms with van der Waals surface area (Å²) in [5.74, 6) is -3.48. The van der Waals surface area contributed by atoms with Crippen molar-refractivity contribution in [3.63, 3.8) is 0 Å². The number of hydrogen-bond acceptors (Lipinski definition) is 4. The Bertz CT molecular complexity index is 845. The molecule has 1 N–H and O–H groups in total. The van der Waals surface area contributed by atoms with Gasteiger partial charge in [0.05, 0.1) is 6.54 Å². The van der Waals surface area contributed by atoms with Gasteiger partial charge in [0.2, 0.25) is 0 Å². The normalized spacial score (nSPS) is 14.9. The highest BCUT2D eigenvalue weighted by atomic mass is 16.4.